The van der Waals surface area contributed by atoms with E-state index in [4.69, 9.17) is 10.2 Å². The maximum atomic E-state index is 5.50. The van der Waals surface area contributed by atoms with Crippen LogP contribution in [0, 0.1) is 5.92 Å². The van der Waals surface area contributed by atoms with Crippen LogP contribution in [0.2, 0.25) is 0 Å². The Morgan fingerprint density at radius 1 is 1.60 bits per heavy atom. The van der Waals surface area contributed by atoms with Gasteiger partial charge in [0.15, 0.2) is 0 Å². The Morgan fingerprint density at radius 2 is 2.40 bits per heavy atom. The zero-order valence-corrected chi connectivity index (χ0v) is 9.28. The standard InChI is InChI=1S/C11H19N3O/c1-2-14(7-9-4-3-5-9)11-13-10(6-12)8-15-11/h8-9H,2-7,12H2,1H3. The molecule has 1 aromatic rings. The van der Waals surface area contributed by atoms with Crippen LogP contribution in [-0.4, -0.2) is 18.1 Å². The normalized spacial score (nSPS) is 16.4. The van der Waals surface area contributed by atoms with Gasteiger partial charge in [-0.1, -0.05) is 6.42 Å². The molecule has 4 heteroatoms. The number of rotatable bonds is 5. The Balaban J connectivity index is 1.97. The molecule has 4 nitrogen and oxygen atoms in total. The molecule has 1 saturated carbocycles. The van der Waals surface area contributed by atoms with Crippen molar-refractivity contribution >= 4 is 6.01 Å². The van der Waals surface area contributed by atoms with Crippen molar-refractivity contribution in [3.05, 3.63) is 12.0 Å². The van der Waals surface area contributed by atoms with Gasteiger partial charge in [0.25, 0.3) is 6.01 Å². The lowest BCUT2D eigenvalue weighted by Gasteiger charge is -2.30. The molecule has 0 spiro atoms. The topological polar surface area (TPSA) is 55.3 Å². The first-order chi connectivity index (χ1) is 7.33. The molecule has 0 unspecified atom stereocenters. The Hall–Kier alpha value is -1.03. The molecule has 0 radical (unpaired) electrons. The van der Waals surface area contributed by atoms with Gasteiger partial charge in [-0.05, 0) is 25.7 Å². The van der Waals surface area contributed by atoms with Gasteiger partial charge in [0.2, 0.25) is 0 Å². The van der Waals surface area contributed by atoms with E-state index in [9.17, 15) is 0 Å². The van der Waals surface area contributed by atoms with E-state index in [-0.39, 0.29) is 0 Å². The summed E-state index contributed by atoms with van der Waals surface area (Å²) in [4.78, 5) is 6.54. The van der Waals surface area contributed by atoms with E-state index < -0.39 is 0 Å². The zero-order chi connectivity index (χ0) is 10.7. The highest BCUT2D eigenvalue weighted by Crippen LogP contribution is 2.28. The van der Waals surface area contributed by atoms with Crippen molar-refractivity contribution in [2.75, 3.05) is 18.0 Å². The van der Waals surface area contributed by atoms with Crippen molar-refractivity contribution in [2.45, 2.75) is 32.7 Å². The minimum atomic E-state index is 0.449. The van der Waals surface area contributed by atoms with E-state index in [1.54, 1.807) is 6.26 Å². The van der Waals surface area contributed by atoms with Crippen LogP contribution >= 0.6 is 0 Å². The highest BCUT2D eigenvalue weighted by atomic mass is 16.4. The van der Waals surface area contributed by atoms with Crippen LogP contribution in [0.4, 0.5) is 6.01 Å². The summed E-state index contributed by atoms with van der Waals surface area (Å²) in [5.41, 5.74) is 6.33. The van der Waals surface area contributed by atoms with Gasteiger partial charge in [-0.3, -0.25) is 0 Å². The molecule has 2 rings (SSSR count). The second kappa shape index (κ2) is 4.66. The van der Waals surface area contributed by atoms with Crippen molar-refractivity contribution < 1.29 is 4.42 Å². The van der Waals surface area contributed by atoms with Crippen molar-refractivity contribution in [3.8, 4) is 0 Å². The Bertz CT molecular complexity index is 307. The van der Waals surface area contributed by atoms with Gasteiger partial charge in [0, 0.05) is 19.6 Å². The third-order valence-electron chi connectivity index (χ3n) is 3.10. The minimum Gasteiger partial charge on any atom is -0.432 e. The molecule has 84 valence electrons. The van der Waals surface area contributed by atoms with E-state index in [0.717, 1.165) is 30.7 Å². The molecule has 0 saturated heterocycles. The van der Waals surface area contributed by atoms with Gasteiger partial charge >= 0.3 is 0 Å². The molecule has 1 aromatic heterocycles. The van der Waals surface area contributed by atoms with Crippen LogP contribution in [0.25, 0.3) is 0 Å². The third kappa shape index (κ3) is 2.31. The van der Waals surface area contributed by atoms with Gasteiger partial charge in [0.05, 0.1) is 5.69 Å². The molecule has 2 N–H and O–H groups in total. The molecule has 1 aliphatic rings. The predicted molar refractivity (Wildman–Crippen MR) is 59.6 cm³/mol. The minimum absolute atomic E-state index is 0.449. The third-order valence-corrected chi connectivity index (χ3v) is 3.10. The molecule has 0 aromatic carbocycles. The summed E-state index contributed by atoms with van der Waals surface area (Å²) in [6.07, 6.45) is 5.72. The van der Waals surface area contributed by atoms with Crippen molar-refractivity contribution in [2.24, 2.45) is 11.7 Å². The number of hydrogen-bond acceptors (Lipinski definition) is 4. The molecule has 1 heterocycles. The maximum absolute atomic E-state index is 5.50. The fraction of sp³-hybridized carbons (Fsp3) is 0.727. The lowest BCUT2D eigenvalue weighted by atomic mass is 9.85. The second-order valence-corrected chi connectivity index (χ2v) is 4.16. The highest BCUT2D eigenvalue weighted by molar-refractivity contribution is 5.26. The largest absolute Gasteiger partial charge is 0.432 e. The van der Waals surface area contributed by atoms with E-state index in [1.807, 2.05) is 0 Å². The number of nitrogens with two attached hydrogens (primary N) is 1. The first-order valence-electron chi connectivity index (χ1n) is 5.73. The van der Waals surface area contributed by atoms with E-state index >= 15 is 0 Å². The van der Waals surface area contributed by atoms with Gasteiger partial charge in [0.1, 0.15) is 6.26 Å². The summed E-state index contributed by atoms with van der Waals surface area (Å²) in [6.45, 7) is 4.59. The van der Waals surface area contributed by atoms with Crippen LogP contribution < -0.4 is 10.6 Å². The number of nitrogens with zero attached hydrogens (tertiary/aromatic N) is 2. The number of oxazole rings is 1. The lowest BCUT2D eigenvalue weighted by molar-refractivity contribution is 0.313. The second-order valence-electron chi connectivity index (χ2n) is 4.16. The fourth-order valence-corrected chi connectivity index (χ4v) is 1.86. The van der Waals surface area contributed by atoms with Crippen LogP contribution in [-0.2, 0) is 6.54 Å². The maximum Gasteiger partial charge on any atom is 0.297 e. The van der Waals surface area contributed by atoms with Gasteiger partial charge in [-0.2, -0.15) is 4.98 Å². The summed E-state index contributed by atoms with van der Waals surface area (Å²) in [5.74, 6) is 0.832. The number of aromatic nitrogens is 1. The number of hydrogen-bond donors (Lipinski definition) is 1. The average Bonchev–Trinajstić information content (AvgIpc) is 2.65. The zero-order valence-electron chi connectivity index (χ0n) is 9.28. The lowest BCUT2D eigenvalue weighted by Crippen LogP contribution is -2.32. The smallest absolute Gasteiger partial charge is 0.297 e. The van der Waals surface area contributed by atoms with Gasteiger partial charge in [-0.15, -0.1) is 0 Å². The molecular weight excluding hydrogens is 190 g/mol. The fourth-order valence-electron chi connectivity index (χ4n) is 1.86. The molecule has 1 fully saturated rings. The van der Waals surface area contributed by atoms with E-state index in [2.05, 4.69) is 16.8 Å². The van der Waals surface area contributed by atoms with E-state index in [1.165, 1.54) is 19.3 Å². The number of anilines is 1. The first kappa shape index (κ1) is 10.5. The van der Waals surface area contributed by atoms with Crippen LogP contribution in [0.15, 0.2) is 10.7 Å². The molecule has 0 aliphatic heterocycles. The van der Waals surface area contributed by atoms with Crippen molar-refractivity contribution in [1.82, 2.24) is 4.98 Å². The quantitative estimate of drug-likeness (QED) is 0.802. The molecule has 1 aliphatic carbocycles. The SMILES string of the molecule is CCN(CC1CCC1)c1nc(CN)co1. The van der Waals surface area contributed by atoms with Crippen molar-refractivity contribution in [1.29, 1.82) is 0 Å². The summed E-state index contributed by atoms with van der Waals surface area (Å²) in [7, 11) is 0. The predicted octanol–water partition coefficient (Wildman–Crippen LogP) is 1.76. The van der Waals surface area contributed by atoms with Crippen LogP contribution in [0.5, 0.6) is 0 Å². The van der Waals surface area contributed by atoms with Gasteiger partial charge < -0.3 is 15.1 Å². The van der Waals surface area contributed by atoms with Crippen LogP contribution in [0.3, 0.4) is 0 Å². The van der Waals surface area contributed by atoms with E-state index in [0.29, 0.717) is 6.54 Å². The molecular formula is C11H19N3O. The molecule has 0 amide bonds. The molecule has 0 atom stereocenters. The summed E-state index contributed by atoms with van der Waals surface area (Å²) >= 11 is 0. The first-order valence-corrected chi connectivity index (χ1v) is 5.73. The summed E-state index contributed by atoms with van der Waals surface area (Å²) in [6, 6.07) is 0.727. The Kier molecular flexibility index (Phi) is 3.26. The molecule has 15 heavy (non-hydrogen) atoms. The summed E-state index contributed by atoms with van der Waals surface area (Å²) in [5, 5.41) is 0. The van der Waals surface area contributed by atoms with Crippen molar-refractivity contribution in [3.63, 3.8) is 0 Å². The average molecular weight is 209 g/mol. The monoisotopic (exact) mass is 209 g/mol. The molecule has 0 bridgehead atoms. The van der Waals surface area contributed by atoms with Crippen LogP contribution in [0.1, 0.15) is 31.9 Å². The Morgan fingerprint density at radius 3 is 2.87 bits per heavy atom. The highest BCUT2D eigenvalue weighted by Gasteiger charge is 2.22. The Labute approximate surface area is 90.5 Å². The summed E-state index contributed by atoms with van der Waals surface area (Å²) < 4.78 is 5.41. The van der Waals surface area contributed by atoms with Gasteiger partial charge in [-0.25, -0.2) is 0 Å².